The van der Waals surface area contributed by atoms with E-state index in [1.54, 1.807) is 33.8 Å². The third-order valence-corrected chi connectivity index (χ3v) is 4.20. The van der Waals surface area contributed by atoms with Gasteiger partial charge in [0.15, 0.2) is 0 Å². The van der Waals surface area contributed by atoms with Gasteiger partial charge in [-0.2, -0.15) is 0 Å². The third-order valence-electron chi connectivity index (χ3n) is 4.20. The zero-order valence-electron chi connectivity index (χ0n) is 17.3. The van der Waals surface area contributed by atoms with Gasteiger partial charge in [0.25, 0.3) is 0 Å². The third kappa shape index (κ3) is 5.61. The summed E-state index contributed by atoms with van der Waals surface area (Å²) < 4.78 is 14.8. The van der Waals surface area contributed by atoms with Crippen LogP contribution in [0.5, 0.6) is 11.6 Å². The molecular formula is C20H28N2O7. The number of rotatable bonds is 8. The highest BCUT2D eigenvalue weighted by Gasteiger charge is 2.34. The maximum atomic E-state index is 11.9. The molecule has 1 atom stereocenters. The van der Waals surface area contributed by atoms with Crippen molar-refractivity contribution in [3.8, 4) is 11.6 Å². The quantitative estimate of drug-likeness (QED) is 0.387. The summed E-state index contributed by atoms with van der Waals surface area (Å²) in [5.41, 5.74) is -1.67. The molecule has 0 fully saturated rings. The fraction of sp³-hybridized carbons (Fsp3) is 0.500. The highest BCUT2D eigenvalue weighted by Crippen LogP contribution is 2.36. The Bertz CT molecular complexity index is 886. The first-order chi connectivity index (χ1) is 13.5. The highest BCUT2D eigenvalue weighted by atomic mass is 16.7. The lowest BCUT2D eigenvalue weighted by Crippen LogP contribution is -2.52. The Morgan fingerprint density at radius 2 is 1.79 bits per heavy atom. The molecule has 9 heteroatoms. The molecule has 1 unspecified atom stereocenters. The van der Waals surface area contributed by atoms with Crippen molar-refractivity contribution in [1.82, 2.24) is 10.3 Å². The van der Waals surface area contributed by atoms with Crippen molar-refractivity contribution >= 4 is 23.0 Å². The number of aromatic amines is 1. The number of carbonyl (C=O) groups excluding carboxylic acids is 2. The molecule has 0 aliphatic heterocycles. The average Bonchev–Trinajstić information content (AvgIpc) is 2.97. The van der Waals surface area contributed by atoms with E-state index >= 15 is 0 Å². The van der Waals surface area contributed by atoms with Crippen LogP contribution in [0, 0.1) is 0 Å². The van der Waals surface area contributed by atoms with E-state index in [0.29, 0.717) is 10.9 Å². The van der Waals surface area contributed by atoms with Gasteiger partial charge in [0.05, 0.1) is 25.2 Å². The number of aliphatic hydroxyl groups is 1. The largest absolute Gasteiger partial charge is 0.515 e. The van der Waals surface area contributed by atoms with Gasteiger partial charge in [-0.1, -0.05) is 6.07 Å². The number of fused-ring (bicyclic) bond motifs is 1. The summed E-state index contributed by atoms with van der Waals surface area (Å²) >= 11 is 0. The van der Waals surface area contributed by atoms with Crippen LogP contribution in [0.2, 0.25) is 0 Å². The van der Waals surface area contributed by atoms with Gasteiger partial charge in [-0.25, -0.2) is 4.79 Å². The molecule has 0 saturated carbocycles. The second-order valence-corrected chi connectivity index (χ2v) is 7.40. The Labute approximate surface area is 169 Å². The number of phenolic OH excluding ortho intramolecular Hbond substituents is 1. The molecule has 0 saturated heterocycles. The molecule has 29 heavy (non-hydrogen) atoms. The molecule has 1 aromatic heterocycles. The molecular weight excluding hydrogens is 380 g/mol. The summed E-state index contributed by atoms with van der Waals surface area (Å²) in [5, 5.41) is 24.8. The van der Waals surface area contributed by atoms with E-state index in [0.717, 1.165) is 0 Å². The van der Waals surface area contributed by atoms with Crippen molar-refractivity contribution in [3.05, 3.63) is 23.8 Å². The minimum atomic E-state index is -1.58. The summed E-state index contributed by atoms with van der Waals surface area (Å²) in [7, 11) is 0. The van der Waals surface area contributed by atoms with Gasteiger partial charge < -0.3 is 29.4 Å². The molecule has 0 aliphatic rings. The van der Waals surface area contributed by atoms with Crippen LogP contribution in [0.15, 0.2) is 18.2 Å². The summed E-state index contributed by atoms with van der Waals surface area (Å²) in [4.78, 5) is 26.2. The van der Waals surface area contributed by atoms with Crippen molar-refractivity contribution in [3.63, 3.8) is 0 Å². The van der Waals surface area contributed by atoms with E-state index in [1.807, 2.05) is 0 Å². The van der Waals surface area contributed by atoms with E-state index in [2.05, 4.69) is 10.3 Å². The topological polar surface area (TPSA) is 130 Å². The summed E-state index contributed by atoms with van der Waals surface area (Å²) in [6.07, 6.45) is -0.844. The van der Waals surface area contributed by atoms with Crippen LogP contribution < -0.4 is 10.1 Å². The number of aromatic nitrogens is 1. The van der Waals surface area contributed by atoms with Crippen molar-refractivity contribution < 1.29 is 34.0 Å². The lowest BCUT2D eigenvalue weighted by Gasteiger charge is -2.36. The highest BCUT2D eigenvalue weighted by molar-refractivity contribution is 5.90. The number of hydrogen-bond acceptors (Lipinski definition) is 8. The molecule has 1 heterocycles. The van der Waals surface area contributed by atoms with Crippen LogP contribution in [0.1, 0.15) is 46.6 Å². The number of nitrogens with one attached hydrogen (secondary N) is 2. The Morgan fingerprint density at radius 1 is 1.14 bits per heavy atom. The Balaban J connectivity index is 2.35. The zero-order chi connectivity index (χ0) is 21.8. The van der Waals surface area contributed by atoms with Gasteiger partial charge in [0, 0.05) is 22.6 Å². The predicted octanol–water partition coefficient (Wildman–Crippen LogP) is 2.90. The van der Waals surface area contributed by atoms with Gasteiger partial charge in [0.2, 0.25) is 5.88 Å². The summed E-state index contributed by atoms with van der Waals surface area (Å²) in [5.74, 6) is -0.407. The van der Waals surface area contributed by atoms with E-state index in [1.165, 1.54) is 19.1 Å². The van der Waals surface area contributed by atoms with Gasteiger partial charge >= 0.3 is 12.1 Å². The van der Waals surface area contributed by atoms with Crippen LogP contribution in [-0.4, -0.2) is 46.1 Å². The number of carbonyl (C=O) groups is 2. The Morgan fingerprint density at radius 3 is 2.41 bits per heavy atom. The van der Waals surface area contributed by atoms with Crippen LogP contribution in [0.3, 0.4) is 0 Å². The van der Waals surface area contributed by atoms with Gasteiger partial charge in [-0.3, -0.25) is 10.1 Å². The predicted molar refractivity (Wildman–Crippen MR) is 106 cm³/mol. The lowest BCUT2D eigenvalue weighted by molar-refractivity contribution is -0.145. The summed E-state index contributed by atoms with van der Waals surface area (Å²) in [6, 6.07) is 4.44. The van der Waals surface area contributed by atoms with E-state index in [9.17, 15) is 19.8 Å². The summed E-state index contributed by atoms with van der Waals surface area (Å²) in [6.45, 7) is 8.87. The smallest absolute Gasteiger partial charge is 0.506 e. The van der Waals surface area contributed by atoms with E-state index in [-0.39, 0.29) is 42.8 Å². The number of hydrogen-bond donors (Lipinski definition) is 4. The van der Waals surface area contributed by atoms with Crippen molar-refractivity contribution in [1.29, 1.82) is 0 Å². The SMILES string of the molecule is CCOC(=O)CC(C)(C)NC(C)(O)c1ccc(O)c2[nH]c(OC(=O)OCC)cc12. The Hall–Kier alpha value is -2.78. The van der Waals surface area contributed by atoms with Crippen LogP contribution in [0.4, 0.5) is 4.79 Å². The Kier molecular flexibility index (Phi) is 6.76. The molecule has 9 nitrogen and oxygen atoms in total. The fourth-order valence-corrected chi connectivity index (χ4v) is 3.24. The molecule has 2 aromatic rings. The maximum absolute atomic E-state index is 11.9. The minimum Gasteiger partial charge on any atom is -0.506 e. The fourth-order valence-electron chi connectivity index (χ4n) is 3.24. The molecule has 0 radical (unpaired) electrons. The molecule has 0 bridgehead atoms. The maximum Gasteiger partial charge on any atom is 0.515 e. The lowest BCUT2D eigenvalue weighted by atomic mass is 9.93. The first-order valence-corrected chi connectivity index (χ1v) is 9.36. The van der Waals surface area contributed by atoms with Gasteiger partial charge in [0.1, 0.15) is 11.5 Å². The monoisotopic (exact) mass is 408 g/mol. The number of ether oxygens (including phenoxy) is 3. The van der Waals surface area contributed by atoms with Crippen LogP contribution in [-0.2, 0) is 20.0 Å². The zero-order valence-corrected chi connectivity index (χ0v) is 17.3. The molecule has 2 rings (SSSR count). The van der Waals surface area contributed by atoms with Crippen LogP contribution >= 0.6 is 0 Å². The van der Waals surface area contributed by atoms with Crippen LogP contribution in [0.25, 0.3) is 10.9 Å². The van der Waals surface area contributed by atoms with E-state index in [4.69, 9.17) is 14.2 Å². The molecule has 1 aromatic carbocycles. The molecule has 0 aliphatic carbocycles. The van der Waals surface area contributed by atoms with Gasteiger partial charge in [-0.15, -0.1) is 0 Å². The normalized spacial score (nSPS) is 13.7. The molecule has 0 spiro atoms. The number of esters is 1. The average molecular weight is 408 g/mol. The standard InChI is InChI=1S/C20H28N2O7/c1-6-27-16(24)11-19(3,4)22-20(5,26)13-8-9-14(23)17-12(13)10-15(21-17)29-18(25)28-7-2/h8-10,21-23,26H,6-7,11H2,1-5H3. The van der Waals surface area contributed by atoms with Crippen molar-refractivity contribution in [2.24, 2.45) is 0 Å². The number of benzene rings is 1. The molecule has 0 amide bonds. The second-order valence-electron chi connectivity index (χ2n) is 7.40. The first kappa shape index (κ1) is 22.5. The first-order valence-electron chi connectivity index (χ1n) is 9.36. The van der Waals surface area contributed by atoms with Crippen molar-refractivity contribution in [2.45, 2.75) is 52.3 Å². The van der Waals surface area contributed by atoms with Crippen molar-refractivity contribution in [2.75, 3.05) is 13.2 Å². The van der Waals surface area contributed by atoms with Gasteiger partial charge in [-0.05, 0) is 40.7 Å². The molecule has 4 N–H and O–H groups in total. The number of phenols is 1. The van der Waals surface area contributed by atoms with E-state index < -0.39 is 17.4 Å². The number of aromatic hydroxyl groups is 1. The molecule has 160 valence electrons. The minimum absolute atomic E-state index is 0.0442. The second kappa shape index (κ2) is 8.71. The number of H-pyrrole nitrogens is 1.